The van der Waals surface area contributed by atoms with Gasteiger partial charge in [-0.2, -0.15) is 0 Å². The van der Waals surface area contributed by atoms with Crippen LogP contribution in [-0.2, 0) is 4.74 Å². The van der Waals surface area contributed by atoms with Crippen molar-refractivity contribution in [1.82, 2.24) is 10.6 Å². The number of nitrogens with one attached hydrogen (secondary N) is 2. The molecular formula is C15H26N2O2. The molecule has 3 fully saturated rings. The van der Waals surface area contributed by atoms with E-state index in [1.807, 2.05) is 20.8 Å². The zero-order valence-electron chi connectivity index (χ0n) is 12.2. The number of ether oxygens (including phenoxy) is 1. The monoisotopic (exact) mass is 266 g/mol. The first-order valence-corrected chi connectivity index (χ1v) is 7.66. The molecular weight excluding hydrogens is 240 g/mol. The van der Waals surface area contributed by atoms with Crippen molar-refractivity contribution < 1.29 is 9.53 Å². The van der Waals surface area contributed by atoms with Gasteiger partial charge in [-0.25, -0.2) is 4.79 Å². The third kappa shape index (κ3) is 3.22. The second kappa shape index (κ2) is 4.65. The zero-order chi connectivity index (χ0) is 13.6. The Kier molecular flexibility index (Phi) is 3.24. The number of carbonyl (C=O) groups excluding carboxylic acids is 1. The summed E-state index contributed by atoms with van der Waals surface area (Å²) in [5.41, 5.74) is -0.410. The molecule has 5 unspecified atom stereocenters. The van der Waals surface area contributed by atoms with Gasteiger partial charge in [0.1, 0.15) is 5.60 Å². The SMILES string of the molecule is CC(C)(C)OC(=O)NC1CC1NC1CC2CCC1C2. The maximum atomic E-state index is 11.7. The summed E-state index contributed by atoms with van der Waals surface area (Å²) in [4.78, 5) is 11.7. The Labute approximate surface area is 115 Å². The van der Waals surface area contributed by atoms with Crippen LogP contribution in [0.15, 0.2) is 0 Å². The molecule has 2 N–H and O–H groups in total. The molecule has 19 heavy (non-hydrogen) atoms. The maximum absolute atomic E-state index is 11.7. The van der Waals surface area contributed by atoms with Crippen molar-refractivity contribution in [2.24, 2.45) is 11.8 Å². The van der Waals surface area contributed by atoms with Gasteiger partial charge in [0.25, 0.3) is 0 Å². The van der Waals surface area contributed by atoms with Gasteiger partial charge in [0, 0.05) is 18.1 Å². The first-order chi connectivity index (χ1) is 8.90. The molecule has 0 aromatic carbocycles. The van der Waals surface area contributed by atoms with Crippen molar-refractivity contribution in [2.75, 3.05) is 0 Å². The zero-order valence-corrected chi connectivity index (χ0v) is 12.2. The minimum atomic E-state index is -0.410. The van der Waals surface area contributed by atoms with Crippen molar-refractivity contribution in [3.05, 3.63) is 0 Å². The molecule has 3 rings (SSSR count). The topological polar surface area (TPSA) is 50.4 Å². The van der Waals surface area contributed by atoms with Crippen LogP contribution in [0.4, 0.5) is 4.79 Å². The van der Waals surface area contributed by atoms with Crippen LogP contribution in [0, 0.1) is 11.8 Å². The van der Waals surface area contributed by atoms with Crippen LogP contribution >= 0.6 is 0 Å². The number of hydrogen-bond donors (Lipinski definition) is 2. The Morgan fingerprint density at radius 1 is 1.05 bits per heavy atom. The molecule has 4 nitrogen and oxygen atoms in total. The lowest BCUT2D eigenvalue weighted by Crippen LogP contribution is -2.41. The highest BCUT2D eigenvalue weighted by Gasteiger charge is 2.45. The standard InChI is InChI=1S/C15H26N2O2/c1-15(2,3)19-14(18)17-13-8-12(13)16-11-7-9-4-5-10(11)6-9/h9-13,16H,4-8H2,1-3H3,(H,17,18). The summed E-state index contributed by atoms with van der Waals surface area (Å²) < 4.78 is 5.28. The molecule has 0 aromatic rings. The molecule has 3 aliphatic carbocycles. The maximum Gasteiger partial charge on any atom is 0.407 e. The molecule has 2 bridgehead atoms. The van der Waals surface area contributed by atoms with E-state index < -0.39 is 5.60 Å². The van der Waals surface area contributed by atoms with E-state index in [2.05, 4.69) is 10.6 Å². The van der Waals surface area contributed by atoms with Crippen LogP contribution < -0.4 is 10.6 Å². The summed E-state index contributed by atoms with van der Waals surface area (Å²) in [5.74, 6) is 1.87. The van der Waals surface area contributed by atoms with Crippen LogP contribution in [0.3, 0.4) is 0 Å². The summed E-state index contributed by atoms with van der Waals surface area (Å²) in [6.07, 6.45) is 6.38. The van der Waals surface area contributed by atoms with E-state index in [-0.39, 0.29) is 12.1 Å². The number of hydrogen-bond acceptors (Lipinski definition) is 3. The third-order valence-corrected chi connectivity index (χ3v) is 4.66. The molecule has 1 amide bonds. The Balaban J connectivity index is 1.39. The summed E-state index contributed by atoms with van der Waals surface area (Å²) in [6, 6.07) is 1.44. The van der Waals surface area contributed by atoms with Gasteiger partial charge in [-0.1, -0.05) is 6.42 Å². The van der Waals surface area contributed by atoms with Crippen molar-refractivity contribution in [3.8, 4) is 0 Å². The average Bonchev–Trinajstić information content (AvgIpc) is 2.72. The minimum absolute atomic E-state index is 0.272. The summed E-state index contributed by atoms with van der Waals surface area (Å²) in [5, 5.41) is 6.69. The lowest BCUT2D eigenvalue weighted by atomic mass is 9.95. The van der Waals surface area contributed by atoms with Crippen molar-refractivity contribution in [2.45, 2.75) is 76.6 Å². The second-order valence-electron chi connectivity index (χ2n) is 7.54. The quantitative estimate of drug-likeness (QED) is 0.825. The van der Waals surface area contributed by atoms with Gasteiger partial charge in [0.15, 0.2) is 0 Å². The Hall–Kier alpha value is -0.770. The van der Waals surface area contributed by atoms with Gasteiger partial charge in [0.2, 0.25) is 0 Å². The van der Waals surface area contributed by atoms with Crippen LogP contribution in [0.2, 0.25) is 0 Å². The molecule has 3 saturated carbocycles. The fourth-order valence-corrected chi connectivity index (χ4v) is 3.72. The van der Waals surface area contributed by atoms with Crippen LogP contribution in [0.1, 0.15) is 52.9 Å². The van der Waals surface area contributed by atoms with Crippen LogP contribution in [0.25, 0.3) is 0 Å². The highest BCUT2D eigenvalue weighted by molar-refractivity contribution is 5.68. The largest absolute Gasteiger partial charge is 0.444 e. The molecule has 0 radical (unpaired) electrons. The lowest BCUT2D eigenvalue weighted by Gasteiger charge is -2.23. The van der Waals surface area contributed by atoms with Gasteiger partial charge in [-0.05, 0) is 58.3 Å². The summed E-state index contributed by atoms with van der Waals surface area (Å²) in [6.45, 7) is 5.68. The molecule has 108 valence electrons. The van der Waals surface area contributed by atoms with E-state index >= 15 is 0 Å². The molecule has 3 aliphatic rings. The molecule has 4 heteroatoms. The fourth-order valence-electron chi connectivity index (χ4n) is 3.72. The molecule has 0 aliphatic heterocycles. The first-order valence-electron chi connectivity index (χ1n) is 7.66. The van der Waals surface area contributed by atoms with Crippen LogP contribution in [0.5, 0.6) is 0 Å². The Morgan fingerprint density at radius 2 is 1.84 bits per heavy atom. The van der Waals surface area contributed by atoms with Crippen molar-refractivity contribution in [1.29, 1.82) is 0 Å². The van der Waals surface area contributed by atoms with Gasteiger partial charge in [-0.15, -0.1) is 0 Å². The average molecular weight is 266 g/mol. The number of amides is 1. The number of rotatable bonds is 3. The third-order valence-electron chi connectivity index (χ3n) is 4.66. The minimum Gasteiger partial charge on any atom is -0.444 e. The predicted octanol–water partition coefficient (Wildman–Crippen LogP) is 2.43. The van der Waals surface area contributed by atoms with Gasteiger partial charge >= 0.3 is 6.09 Å². The van der Waals surface area contributed by atoms with Gasteiger partial charge in [-0.3, -0.25) is 0 Å². The van der Waals surface area contributed by atoms with E-state index in [1.165, 1.54) is 25.7 Å². The van der Waals surface area contributed by atoms with Crippen LogP contribution in [-0.4, -0.2) is 29.8 Å². The normalized spacial score (nSPS) is 40.3. The van der Waals surface area contributed by atoms with Crippen molar-refractivity contribution in [3.63, 3.8) is 0 Å². The highest BCUT2D eigenvalue weighted by atomic mass is 16.6. The predicted molar refractivity (Wildman–Crippen MR) is 73.9 cm³/mol. The van der Waals surface area contributed by atoms with Gasteiger partial charge in [0.05, 0.1) is 0 Å². The summed E-state index contributed by atoms with van der Waals surface area (Å²) in [7, 11) is 0. The van der Waals surface area contributed by atoms with E-state index in [1.54, 1.807) is 0 Å². The smallest absolute Gasteiger partial charge is 0.407 e. The summed E-state index contributed by atoms with van der Waals surface area (Å²) >= 11 is 0. The number of alkyl carbamates (subject to hydrolysis) is 1. The van der Waals surface area contributed by atoms with E-state index in [4.69, 9.17) is 4.74 Å². The van der Waals surface area contributed by atoms with E-state index in [0.29, 0.717) is 12.1 Å². The molecule has 0 spiro atoms. The second-order valence-corrected chi connectivity index (χ2v) is 7.54. The first kappa shape index (κ1) is 13.2. The van der Waals surface area contributed by atoms with E-state index in [9.17, 15) is 4.79 Å². The number of fused-ring (bicyclic) bond motifs is 2. The number of carbonyl (C=O) groups is 1. The van der Waals surface area contributed by atoms with Crippen molar-refractivity contribution >= 4 is 6.09 Å². The van der Waals surface area contributed by atoms with E-state index in [0.717, 1.165) is 18.3 Å². The van der Waals surface area contributed by atoms with Gasteiger partial charge < -0.3 is 15.4 Å². The highest BCUT2D eigenvalue weighted by Crippen LogP contribution is 2.45. The molecule has 0 saturated heterocycles. The fraction of sp³-hybridized carbons (Fsp3) is 0.933. The molecule has 0 heterocycles. The Morgan fingerprint density at radius 3 is 2.42 bits per heavy atom. The molecule has 0 aromatic heterocycles. The molecule has 5 atom stereocenters. The Bertz CT molecular complexity index is 364. The lowest BCUT2D eigenvalue weighted by molar-refractivity contribution is 0.0521.